The largest absolute Gasteiger partial charge is 0.374 e. The maximum Gasteiger partial charge on any atom is 0.242 e. The van der Waals surface area contributed by atoms with Crippen LogP contribution in [-0.2, 0) is 4.79 Å². The Morgan fingerprint density at radius 2 is 2.11 bits per heavy atom. The van der Waals surface area contributed by atoms with Gasteiger partial charge in [-0.05, 0) is 30.5 Å². The van der Waals surface area contributed by atoms with Gasteiger partial charge in [0.1, 0.15) is 6.04 Å². The molecule has 3 nitrogen and oxygen atoms in total. The van der Waals surface area contributed by atoms with Crippen LogP contribution in [0.4, 0.5) is 5.69 Å². The summed E-state index contributed by atoms with van der Waals surface area (Å²) >= 11 is 0. The van der Waals surface area contributed by atoms with Crippen LogP contribution in [0, 0.1) is 0 Å². The van der Waals surface area contributed by atoms with Gasteiger partial charge in [0.25, 0.3) is 0 Å². The van der Waals surface area contributed by atoms with E-state index in [-0.39, 0.29) is 11.9 Å². The van der Waals surface area contributed by atoms with E-state index in [2.05, 4.69) is 43.2 Å². The lowest BCUT2D eigenvalue weighted by Crippen LogP contribution is -2.37. The van der Waals surface area contributed by atoms with Gasteiger partial charge in [-0.2, -0.15) is 0 Å². The number of nitrogens with one attached hydrogen (secondary N) is 2. The predicted octanol–water partition coefficient (Wildman–Crippen LogP) is 2.91. The fourth-order valence-corrected chi connectivity index (χ4v) is 1.63. The summed E-state index contributed by atoms with van der Waals surface area (Å²) in [6.45, 7) is 10.2. The van der Waals surface area contributed by atoms with Crippen molar-refractivity contribution in [3.63, 3.8) is 0 Å². The first-order valence-corrected chi connectivity index (χ1v) is 6.29. The molecule has 1 amide bonds. The van der Waals surface area contributed by atoms with Crippen molar-refractivity contribution in [2.75, 3.05) is 11.9 Å². The van der Waals surface area contributed by atoms with Gasteiger partial charge in [-0.15, -0.1) is 6.58 Å². The van der Waals surface area contributed by atoms with Crippen LogP contribution in [0.5, 0.6) is 0 Å². The molecule has 0 bridgehead atoms. The number of carbonyl (C=O) groups is 1. The van der Waals surface area contributed by atoms with E-state index in [1.165, 1.54) is 5.56 Å². The van der Waals surface area contributed by atoms with Gasteiger partial charge < -0.3 is 10.6 Å². The minimum absolute atomic E-state index is 0.0233. The third-order valence-electron chi connectivity index (χ3n) is 2.75. The highest BCUT2D eigenvalue weighted by molar-refractivity contribution is 5.84. The molecule has 1 unspecified atom stereocenters. The maximum atomic E-state index is 11.7. The van der Waals surface area contributed by atoms with E-state index in [0.717, 1.165) is 5.69 Å². The Hall–Kier alpha value is -1.77. The first kappa shape index (κ1) is 14.3. The Labute approximate surface area is 109 Å². The van der Waals surface area contributed by atoms with Crippen molar-refractivity contribution in [2.24, 2.45) is 0 Å². The van der Waals surface area contributed by atoms with Crippen molar-refractivity contribution in [3.8, 4) is 0 Å². The van der Waals surface area contributed by atoms with Crippen molar-refractivity contribution >= 4 is 11.6 Å². The van der Waals surface area contributed by atoms with E-state index in [4.69, 9.17) is 0 Å². The highest BCUT2D eigenvalue weighted by Gasteiger charge is 2.11. The van der Waals surface area contributed by atoms with Crippen molar-refractivity contribution < 1.29 is 4.79 Å². The van der Waals surface area contributed by atoms with E-state index >= 15 is 0 Å². The molecule has 0 saturated carbocycles. The van der Waals surface area contributed by atoms with Gasteiger partial charge in [-0.3, -0.25) is 4.79 Å². The molecule has 0 fully saturated rings. The molecule has 0 radical (unpaired) electrons. The monoisotopic (exact) mass is 246 g/mol. The highest BCUT2D eigenvalue weighted by Crippen LogP contribution is 2.18. The standard InChI is InChI=1S/C15H22N2O/c1-5-9-16-15(18)12(4)17-14-8-6-7-13(10-14)11(2)3/h5-8,10-12,17H,1,9H2,2-4H3,(H,16,18). The molecule has 1 aromatic rings. The first-order chi connectivity index (χ1) is 8.54. The van der Waals surface area contributed by atoms with Crippen LogP contribution >= 0.6 is 0 Å². The van der Waals surface area contributed by atoms with Gasteiger partial charge in [-0.25, -0.2) is 0 Å². The van der Waals surface area contributed by atoms with Crippen molar-refractivity contribution in [3.05, 3.63) is 42.5 Å². The summed E-state index contributed by atoms with van der Waals surface area (Å²) < 4.78 is 0. The second kappa shape index (κ2) is 6.84. The van der Waals surface area contributed by atoms with E-state index in [1.54, 1.807) is 6.08 Å². The molecule has 0 aliphatic rings. The van der Waals surface area contributed by atoms with Gasteiger partial charge >= 0.3 is 0 Å². The number of amides is 1. The second-order valence-electron chi connectivity index (χ2n) is 4.68. The molecule has 0 aromatic heterocycles. The molecular formula is C15H22N2O. The predicted molar refractivity (Wildman–Crippen MR) is 76.8 cm³/mol. The zero-order chi connectivity index (χ0) is 13.5. The summed E-state index contributed by atoms with van der Waals surface area (Å²) in [4.78, 5) is 11.7. The number of anilines is 1. The van der Waals surface area contributed by atoms with Gasteiger partial charge in [0, 0.05) is 12.2 Å². The fraction of sp³-hybridized carbons (Fsp3) is 0.400. The Bertz CT molecular complexity index is 413. The fourth-order valence-electron chi connectivity index (χ4n) is 1.63. The SMILES string of the molecule is C=CCNC(=O)C(C)Nc1cccc(C(C)C)c1. The number of hydrogen-bond acceptors (Lipinski definition) is 2. The Kier molecular flexibility index (Phi) is 5.43. The zero-order valence-corrected chi connectivity index (χ0v) is 11.4. The Morgan fingerprint density at radius 3 is 2.72 bits per heavy atom. The number of benzene rings is 1. The minimum atomic E-state index is -0.257. The lowest BCUT2D eigenvalue weighted by Gasteiger charge is -2.16. The molecular weight excluding hydrogens is 224 g/mol. The van der Waals surface area contributed by atoms with E-state index < -0.39 is 0 Å². The zero-order valence-electron chi connectivity index (χ0n) is 11.4. The van der Waals surface area contributed by atoms with Crippen LogP contribution in [0.25, 0.3) is 0 Å². The van der Waals surface area contributed by atoms with Crippen LogP contribution < -0.4 is 10.6 Å². The molecule has 0 saturated heterocycles. The lowest BCUT2D eigenvalue weighted by molar-refractivity contribution is -0.121. The van der Waals surface area contributed by atoms with Gasteiger partial charge in [0.15, 0.2) is 0 Å². The molecule has 1 aromatic carbocycles. The molecule has 2 N–H and O–H groups in total. The Morgan fingerprint density at radius 1 is 1.39 bits per heavy atom. The maximum absolute atomic E-state index is 11.7. The number of rotatable bonds is 6. The molecule has 0 spiro atoms. The van der Waals surface area contributed by atoms with Crippen LogP contribution in [0.15, 0.2) is 36.9 Å². The van der Waals surface area contributed by atoms with Gasteiger partial charge in [0.2, 0.25) is 5.91 Å². The Balaban J connectivity index is 2.63. The van der Waals surface area contributed by atoms with E-state index in [9.17, 15) is 4.79 Å². The highest BCUT2D eigenvalue weighted by atomic mass is 16.2. The van der Waals surface area contributed by atoms with Crippen molar-refractivity contribution in [1.29, 1.82) is 0 Å². The summed E-state index contributed by atoms with van der Waals surface area (Å²) in [6.07, 6.45) is 1.67. The van der Waals surface area contributed by atoms with Crippen LogP contribution in [-0.4, -0.2) is 18.5 Å². The molecule has 3 heteroatoms. The summed E-state index contributed by atoms with van der Waals surface area (Å²) in [6, 6.07) is 7.91. The van der Waals surface area contributed by atoms with Gasteiger partial charge in [0.05, 0.1) is 0 Å². The van der Waals surface area contributed by atoms with E-state index in [1.807, 2.05) is 19.1 Å². The topological polar surface area (TPSA) is 41.1 Å². The summed E-state index contributed by atoms with van der Waals surface area (Å²) in [5.41, 5.74) is 2.24. The molecule has 98 valence electrons. The molecule has 0 aliphatic carbocycles. The summed E-state index contributed by atoms with van der Waals surface area (Å²) in [5, 5.41) is 5.97. The van der Waals surface area contributed by atoms with Crippen molar-refractivity contribution in [2.45, 2.75) is 32.7 Å². The van der Waals surface area contributed by atoms with Crippen LogP contribution in [0.3, 0.4) is 0 Å². The smallest absolute Gasteiger partial charge is 0.242 e. The molecule has 1 atom stereocenters. The average molecular weight is 246 g/mol. The minimum Gasteiger partial charge on any atom is -0.374 e. The summed E-state index contributed by atoms with van der Waals surface area (Å²) in [7, 11) is 0. The van der Waals surface area contributed by atoms with Crippen LogP contribution in [0.2, 0.25) is 0 Å². The summed E-state index contributed by atoms with van der Waals surface area (Å²) in [5.74, 6) is 0.460. The molecule has 1 rings (SSSR count). The average Bonchev–Trinajstić information content (AvgIpc) is 2.36. The first-order valence-electron chi connectivity index (χ1n) is 6.29. The van der Waals surface area contributed by atoms with Crippen LogP contribution in [0.1, 0.15) is 32.3 Å². The van der Waals surface area contributed by atoms with Crippen molar-refractivity contribution in [1.82, 2.24) is 5.32 Å². The lowest BCUT2D eigenvalue weighted by atomic mass is 10.0. The third-order valence-corrected chi connectivity index (χ3v) is 2.75. The normalized spacial score (nSPS) is 12.0. The quantitative estimate of drug-likeness (QED) is 0.758. The molecule has 0 heterocycles. The van der Waals surface area contributed by atoms with Gasteiger partial charge in [-0.1, -0.05) is 32.1 Å². The number of hydrogen-bond donors (Lipinski definition) is 2. The molecule has 18 heavy (non-hydrogen) atoms. The second-order valence-corrected chi connectivity index (χ2v) is 4.68. The number of carbonyl (C=O) groups excluding carboxylic acids is 1. The third kappa shape index (κ3) is 4.24. The van der Waals surface area contributed by atoms with E-state index in [0.29, 0.717) is 12.5 Å². The molecule has 0 aliphatic heterocycles.